The number of fused-ring (bicyclic) bond motifs is 2. The normalized spacial score (nSPS) is 54.9. The van der Waals surface area contributed by atoms with E-state index in [2.05, 4.69) is 13.8 Å². The summed E-state index contributed by atoms with van der Waals surface area (Å²) < 4.78 is 36.3. The molecule has 5 aliphatic heterocycles. The van der Waals surface area contributed by atoms with Gasteiger partial charge in [-0.3, -0.25) is 0 Å². The molecule has 1 N–H and O–H groups in total. The summed E-state index contributed by atoms with van der Waals surface area (Å²) in [4.78, 5) is 13.8. The fourth-order valence-corrected chi connectivity index (χ4v) is 6.92. The second kappa shape index (κ2) is 6.15. The molecule has 5 fully saturated rings. The van der Waals surface area contributed by atoms with Crippen molar-refractivity contribution >= 4 is 9.84 Å². The van der Waals surface area contributed by atoms with E-state index in [1.165, 1.54) is 5.41 Å². The number of aliphatic hydroxyl groups is 1. The average Bonchev–Trinajstić information content (AvgIpc) is 2.87. The monoisotopic (exact) mass is 415 g/mol. The van der Waals surface area contributed by atoms with Crippen LogP contribution in [-0.2, 0) is 29.1 Å². The van der Waals surface area contributed by atoms with Crippen molar-refractivity contribution in [3.8, 4) is 0 Å². The minimum absolute atomic E-state index is 0.000935. The minimum atomic E-state index is -3.15. The summed E-state index contributed by atoms with van der Waals surface area (Å²) in [6, 6.07) is 0. The summed E-state index contributed by atoms with van der Waals surface area (Å²) in [5.74, 6) is -0.718. The highest BCUT2D eigenvalue weighted by molar-refractivity contribution is 7.94. The number of hydrogen-bond acceptors (Lipinski definition) is 8. The Labute approximate surface area is 165 Å². The van der Waals surface area contributed by atoms with Gasteiger partial charge in [0.25, 0.3) is 0 Å². The Morgan fingerprint density at radius 3 is 2.68 bits per heavy atom. The Hall–Kier alpha value is -0.710. The molecule has 0 radical (unpaired) electrons. The molecule has 1 saturated carbocycles. The molecule has 5 heterocycles. The van der Waals surface area contributed by atoms with Gasteiger partial charge in [-0.25, -0.2) is 18.2 Å². The van der Waals surface area contributed by atoms with Crippen LogP contribution in [0.4, 0.5) is 0 Å². The molecule has 9 atom stereocenters. The smallest absolute Gasteiger partial charge is 0.201 e. The van der Waals surface area contributed by atoms with Crippen LogP contribution in [0.1, 0.15) is 40.0 Å². The highest BCUT2D eigenvalue weighted by Crippen LogP contribution is 2.60. The Balaban J connectivity index is 1.54. The molecule has 6 aliphatic rings. The fourth-order valence-electron chi connectivity index (χ4n) is 5.98. The summed E-state index contributed by atoms with van der Waals surface area (Å²) in [5, 5.41) is 12.1. The van der Waals surface area contributed by atoms with E-state index in [1.807, 2.05) is 11.8 Å². The number of hydrogen-bond donors (Lipinski definition) is 1. The quantitative estimate of drug-likeness (QED) is 0.642. The Morgan fingerprint density at radius 1 is 1.18 bits per heavy atom. The van der Waals surface area contributed by atoms with Crippen LogP contribution in [0, 0.1) is 23.7 Å². The third kappa shape index (κ3) is 2.63. The predicted molar refractivity (Wildman–Crippen MR) is 97.9 cm³/mol. The Morgan fingerprint density at radius 2 is 1.96 bits per heavy atom. The van der Waals surface area contributed by atoms with Gasteiger partial charge in [0.15, 0.2) is 21.7 Å². The fraction of sp³-hybridized carbons (Fsp3) is 0.895. The van der Waals surface area contributed by atoms with Crippen LogP contribution in [0.25, 0.3) is 0 Å². The average molecular weight is 416 g/mol. The molecule has 6 rings (SSSR count). The topological polar surface area (TPSA) is 94.5 Å². The van der Waals surface area contributed by atoms with Crippen LogP contribution in [-0.4, -0.2) is 60.7 Å². The minimum Gasteiger partial charge on any atom is -0.393 e. The van der Waals surface area contributed by atoms with Crippen LogP contribution >= 0.6 is 0 Å². The van der Waals surface area contributed by atoms with Crippen LogP contribution < -0.4 is 0 Å². The van der Waals surface area contributed by atoms with Gasteiger partial charge in [-0.15, -0.1) is 0 Å². The number of ether oxygens (including phenoxy) is 2. The van der Waals surface area contributed by atoms with Gasteiger partial charge in [-0.05, 0) is 25.7 Å². The third-order valence-electron chi connectivity index (χ3n) is 7.66. The zero-order valence-electron chi connectivity index (χ0n) is 16.5. The van der Waals surface area contributed by atoms with Gasteiger partial charge in [-0.2, -0.15) is 0 Å². The number of nitrogens with zero attached hydrogens (tertiary/aromatic N) is 1. The maximum atomic E-state index is 11.8. The van der Waals surface area contributed by atoms with Crippen molar-refractivity contribution in [2.75, 3.05) is 12.3 Å². The van der Waals surface area contributed by atoms with Gasteiger partial charge in [0.2, 0.25) is 5.79 Å². The Kier molecular flexibility index (Phi) is 4.23. The lowest BCUT2D eigenvalue weighted by Crippen LogP contribution is -2.73. The van der Waals surface area contributed by atoms with E-state index in [-0.39, 0.29) is 35.7 Å². The van der Waals surface area contributed by atoms with E-state index < -0.39 is 33.6 Å². The van der Waals surface area contributed by atoms with Gasteiger partial charge in [0, 0.05) is 42.3 Å². The first-order valence-electron chi connectivity index (χ1n) is 10.2. The zero-order chi connectivity index (χ0) is 19.9. The largest absolute Gasteiger partial charge is 0.393 e. The summed E-state index contributed by atoms with van der Waals surface area (Å²) in [6.07, 6.45) is 2.30. The molecule has 2 bridgehead atoms. The van der Waals surface area contributed by atoms with E-state index in [9.17, 15) is 13.5 Å². The molecule has 3 unspecified atom stereocenters. The second-order valence-electron chi connectivity index (χ2n) is 9.29. The molecular formula is C19H29NO7S. The van der Waals surface area contributed by atoms with E-state index in [4.69, 9.17) is 19.2 Å². The summed E-state index contributed by atoms with van der Waals surface area (Å²) in [5.41, 5.74) is -0.754. The lowest BCUT2D eigenvalue weighted by atomic mass is 9.57. The van der Waals surface area contributed by atoms with Crippen LogP contribution in [0.15, 0.2) is 11.6 Å². The van der Waals surface area contributed by atoms with Crippen molar-refractivity contribution in [2.24, 2.45) is 23.7 Å². The zero-order valence-corrected chi connectivity index (χ0v) is 17.3. The van der Waals surface area contributed by atoms with Crippen molar-refractivity contribution in [3.63, 3.8) is 0 Å². The molecule has 0 aromatic carbocycles. The maximum Gasteiger partial charge on any atom is 0.201 e. The molecule has 28 heavy (non-hydrogen) atoms. The second-order valence-corrected chi connectivity index (χ2v) is 11.3. The van der Waals surface area contributed by atoms with Crippen molar-refractivity contribution in [3.05, 3.63) is 11.6 Å². The van der Waals surface area contributed by atoms with Crippen molar-refractivity contribution < 1.29 is 32.8 Å². The van der Waals surface area contributed by atoms with E-state index in [0.29, 0.717) is 19.4 Å². The lowest BCUT2D eigenvalue weighted by Gasteiger charge is -2.62. The van der Waals surface area contributed by atoms with Gasteiger partial charge in [0.05, 0.1) is 11.9 Å². The van der Waals surface area contributed by atoms with Crippen LogP contribution in [0.3, 0.4) is 0 Å². The van der Waals surface area contributed by atoms with E-state index in [1.54, 1.807) is 6.20 Å². The molecule has 158 valence electrons. The molecule has 8 nitrogen and oxygen atoms in total. The van der Waals surface area contributed by atoms with Crippen molar-refractivity contribution in [2.45, 2.75) is 70.0 Å². The lowest BCUT2D eigenvalue weighted by molar-refractivity contribution is -0.574. The third-order valence-corrected chi connectivity index (χ3v) is 8.95. The molecule has 0 aromatic rings. The summed E-state index contributed by atoms with van der Waals surface area (Å²) >= 11 is 0. The molecule has 9 heteroatoms. The number of aliphatic hydroxyl groups excluding tert-OH is 1. The van der Waals surface area contributed by atoms with E-state index in [0.717, 1.165) is 6.42 Å². The van der Waals surface area contributed by atoms with Gasteiger partial charge in [-0.1, -0.05) is 13.8 Å². The van der Waals surface area contributed by atoms with Gasteiger partial charge >= 0.3 is 0 Å². The molecule has 0 aromatic heterocycles. The van der Waals surface area contributed by atoms with Gasteiger partial charge in [0.1, 0.15) is 6.23 Å². The first-order valence-corrected chi connectivity index (χ1v) is 11.9. The van der Waals surface area contributed by atoms with Crippen molar-refractivity contribution in [1.82, 2.24) is 4.90 Å². The van der Waals surface area contributed by atoms with Crippen LogP contribution in [0.2, 0.25) is 0 Å². The predicted octanol–water partition coefficient (Wildman–Crippen LogP) is 1.37. The summed E-state index contributed by atoms with van der Waals surface area (Å²) in [7, 11) is -3.15. The van der Waals surface area contributed by atoms with Crippen LogP contribution in [0.5, 0.6) is 0 Å². The number of rotatable bonds is 1. The SMILES string of the molecule is C[C@@H]1C2C[C@@H](O)[C@@H](C)C3CC[C@@]4(C)OO[C@@]23C(O[C@H]1N1C=CS(=O)(=O)CC1)O4. The Bertz CT molecular complexity index is 783. The highest BCUT2D eigenvalue weighted by atomic mass is 32.2. The first-order chi connectivity index (χ1) is 13.2. The van der Waals surface area contributed by atoms with Gasteiger partial charge < -0.3 is 19.5 Å². The van der Waals surface area contributed by atoms with Crippen molar-refractivity contribution in [1.29, 1.82) is 0 Å². The first kappa shape index (κ1) is 19.3. The highest BCUT2D eigenvalue weighted by Gasteiger charge is 2.70. The molecular weight excluding hydrogens is 386 g/mol. The standard InChI is InChI=1S/C19H29NO7S/c1-11-13-4-5-18(3)25-17-19(13,27-26-18)14(10-15(11)21)12(2)16(24-17)20-6-8-28(22,23)9-7-20/h6,8,11-17,21H,4-5,7,9-10H2,1-3H3/t11-,12+,13?,14?,15+,16+,17?,18+,19+/m0/s1. The molecule has 0 amide bonds. The molecule has 1 spiro atoms. The number of sulfone groups is 1. The van der Waals surface area contributed by atoms with E-state index >= 15 is 0 Å². The molecule has 4 saturated heterocycles. The molecule has 1 aliphatic carbocycles. The summed E-state index contributed by atoms with van der Waals surface area (Å²) in [6.45, 7) is 6.38. The maximum absolute atomic E-state index is 11.8.